The van der Waals surface area contributed by atoms with Crippen LogP contribution in [-0.4, -0.2) is 37.3 Å². The van der Waals surface area contributed by atoms with Crippen LogP contribution >= 0.6 is 0 Å². The Labute approximate surface area is 128 Å². The van der Waals surface area contributed by atoms with Crippen molar-refractivity contribution in [3.63, 3.8) is 0 Å². The molecule has 0 saturated carbocycles. The number of hydrogen-bond donors (Lipinski definition) is 1. The summed E-state index contributed by atoms with van der Waals surface area (Å²) in [5, 5.41) is 3.40. The highest BCUT2D eigenvalue weighted by atomic mass is 16.5. The lowest BCUT2D eigenvalue weighted by atomic mass is 10.1. The monoisotopic (exact) mass is 291 g/mol. The standard InChI is InChI=1S/C17H29N3O/c1-4-15-10-14(12-18-5-2)11-17(19-15)20-9-7-8-16(13-20)21-6-3/h10-11,16,18H,4-9,12-13H2,1-3H3. The van der Waals surface area contributed by atoms with E-state index >= 15 is 0 Å². The Morgan fingerprint density at radius 1 is 1.33 bits per heavy atom. The van der Waals surface area contributed by atoms with Crippen molar-refractivity contribution in [1.29, 1.82) is 0 Å². The molecule has 2 rings (SSSR count). The van der Waals surface area contributed by atoms with Gasteiger partial charge in [-0.1, -0.05) is 13.8 Å². The molecule has 0 aromatic carbocycles. The number of pyridine rings is 1. The molecule has 1 atom stereocenters. The first-order valence-electron chi connectivity index (χ1n) is 8.33. The first-order valence-corrected chi connectivity index (χ1v) is 8.33. The maximum atomic E-state index is 5.80. The first-order chi connectivity index (χ1) is 10.3. The molecule has 1 saturated heterocycles. The first kappa shape index (κ1) is 16.2. The summed E-state index contributed by atoms with van der Waals surface area (Å²) in [6.45, 7) is 11.1. The molecule has 0 amide bonds. The van der Waals surface area contributed by atoms with Gasteiger partial charge < -0.3 is 15.0 Å². The lowest BCUT2D eigenvalue weighted by molar-refractivity contribution is 0.0525. The summed E-state index contributed by atoms with van der Waals surface area (Å²) >= 11 is 0. The van der Waals surface area contributed by atoms with Crippen molar-refractivity contribution in [3.8, 4) is 0 Å². The van der Waals surface area contributed by atoms with Gasteiger partial charge in [0.15, 0.2) is 0 Å². The summed E-state index contributed by atoms with van der Waals surface area (Å²) in [5.74, 6) is 1.12. The van der Waals surface area contributed by atoms with Crippen LogP contribution in [0, 0.1) is 0 Å². The van der Waals surface area contributed by atoms with Gasteiger partial charge >= 0.3 is 0 Å². The van der Waals surface area contributed by atoms with Crippen LogP contribution in [-0.2, 0) is 17.7 Å². The molecule has 1 aliphatic heterocycles. The molecular weight excluding hydrogens is 262 g/mol. The fraction of sp³-hybridized carbons (Fsp3) is 0.706. The van der Waals surface area contributed by atoms with Crippen molar-refractivity contribution in [2.24, 2.45) is 0 Å². The van der Waals surface area contributed by atoms with Gasteiger partial charge in [0, 0.05) is 31.9 Å². The third-order valence-corrected chi connectivity index (χ3v) is 3.97. The lowest BCUT2D eigenvalue weighted by Gasteiger charge is -2.33. The van der Waals surface area contributed by atoms with E-state index in [2.05, 4.69) is 43.1 Å². The summed E-state index contributed by atoms with van der Waals surface area (Å²) in [5.41, 5.74) is 2.51. The zero-order valence-corrected chi connectivity index (χ0v) is 13.7. The molecule has 1 N–H and O–H groups in total. The number of aromatic nitrogens is 1. The number of anilines is 1. The summed E-state index contributed by atoms with van der Waals surface area (Å²) in [6, 6.07) is 4.45. The number of piperidine rings is 1. The van der Waals surface area contributed by atoms with Crippen molar-refractivity contribution in [3.05, 3.63) is 23.4 Å². The number of ether oxygens (including phenoxy) is 1. The highest BCUT2D eigenvalue weighted by molar-refractivity contribution is 5.43. The van der Waals surface area contributed by atoms with E-state index in [1.165, 1.54) is 24.1 Å². The van der Waals surface area contributed by atoms with Gasteiger partial charge in [0.1, 0.15) is 5.82 Å². The van der Waals surface area contributed by atoms with Crippen LogP contribution in [0.1, 0.15) is 44.9 Å². The normalized spacial score (nSPS) is 19.0. The van der Waals surface area contributed by atoms with Crippen molar-refractivity contribution in [2.45, 2.75) is 52.7 Å². The molecule has 2 heterocycles. The van der Waals surface area contributed by atoms with Crippen LogP contribution < -0.4 is 10.2 Å². The average molecular weight is 291 g/mol. The Morgan fingerprint density at radius 3 is 2.90 bits per heavy atom. The van der Waals surface area contributed by atoms with Crippen molar-refractivity contribution < 1.29 is 4.74 Å². The molecule has 1 unspecified atom stereocenters. The van der Waals surface area contributed by atoms with Gasteiger partial charge in [-0.05, 0) is 50.4 Å². The zero-order valence-electron chi connectivity index (χ0n) is 13.7. The Kier molecular flexibility index (Phi) is 6.46. The minimum atomic E-state index is 0.355. The summed E-state index contributed by atoms with van der Waals surface area (Å²) in [7, 11) is 0. The SMILES string of the molecule is CCNCc1cc(CC)nc(N2CCCC(OCC)C2)c1. The molecular formula is C17H29N3O. The maximum Gasteiger partial charge on any atom is 0.129 e. The van der Waals surface area contributed by atoms with E-state index in [-0.39, 0.29) is 0 Å². The van der Waals surface area contributed by atoms with Gasteiger partial charge in [-0.15, -0.1) is 0 Å². The largest absolute Gasteiger partial charge is 0.377 e. The Balaban J connectivity index is 2.13. The van der Waals surface area contributed by atoms with Crippen LogP contribution in [0.15, 0.2) is 12.1 Å². The van der Waals surface area contributed by atoms with Gasteiger partial charge in [-0.3, -0.25) is 0 Å². The number of nitrogens with one attached hydrogen (secondary N) is 1. The van der Waals surface area contributed by atoms with Crippen molar-refractivity contribution in [2.75, 3.05) is 31.1 Å². The third kappa shape index (κ3) is 4.68. The third-order valence-electron chi connectivity index (χ3n) is 3.97. The average Bonchev–Trinajstić information content (AvgIpc) is 2.53. The number of nitrogens with zero attached hydrogens (tertiary/aromatic N) is 2. The van der Waals surface area contributed by atoms with Gasteiger partial charge in [-0.25, -0.2) is 4.98 Å². The van der Waals surface area contributed by atoms with Crippen LogP contribution in [0.4, 0.5) is 5.82 Å². The number of aryl methyl sites for hydroxylation is 1. The minimum Gasteiger partial charge on any atom is -0.377 e. The molecule has 1 fully saturated rings. The molecule has 4 nitrogen and oxygen atoms in total. The number of hydrogen-bond acceptors (Lipinski definition) is 4. The summed E-state index contributed by atoms with van der Waals surface area (Å²) < 4.78 is 5.80. The minimum absolute atomic E-state index is 0.355. The second kappa shape index (κ2) is 8.35. The molecule has 1 aromatic heterocycles. The fourth-order valence-electron chi connectivity index (χ4n) is 2.87. The van der Waals surface area contributed by atoms with Crippen molar-refractivity contribution in [1.82, 2.24) is 10.3 Å². The quantitative estimate of drug-likeness (QED) is 0.838. The predicted octanol–water partition coefficient (Wildman–Crippen LogP) is 2.76. The van der Waals surface area contributed by atoms with Crippen LogP contribution in [0.5, 0.6) is 0 Å². The molecule has 0 spiro atoms. The van der Waals surface area contributed by atoms with Gasteiger partial charge in [0.05, 0.1) is 6.10 Å². The summed E-state index contributed by atoms with van der Waals surface area (Å²) in [6.07, 6.45) is 3.69. The van der Waals surface area contributed by atoms with E-state index in [1.54, 1.807) is 0 Å². The molecule has 0 bridgehead atoms. The second-order valence-electron chi connectivity index (χ2n) is 5.62. The fourth-order valence-corrected chi connectivity index (χ4v) is 2.87. The predicted molar refractivity (Wildman–Crippen MR) is 87.9 cm³/mol. The smallest absolute Gasteiger partial charge is 0.129 e. The Morgan fingerprint density at radius 2 is 2.19 bits per heavy atom. The number of rotatable bonds is 7. The van der Waals surface area contributed by atoms with Gasteiger partial charge in [-0.2, -0.15) is 0 Å². The molecule has 118 valence electrons. The maximum absolute atomic E-state index is 5.80. The molecule has 21 heavy (non-hydrogen) atoms. The van der Waals surface area contributed by atoms with Gasteiger partial charge in [0.2, 0.25) is 0 Å². The molecule has 4 heteroatoms. The summed E-state index contributed by atoms with van der Waals surface area (Å²) in [4.78, 5) is 7.21. The Hall–Kier alpha value is -1.13. The van der Waals surface area contributed by atoms with E-state index in [0.717, 1.165) is 45.0 Å². The topological polar surface area (TPSA) is 37.4 Å². The zero-order chi connectivity index (χ0) is 15.1. The van der Waals surface area contributed by atoms with Crippen LogP contribution in [0.3, 0.4) is 0 Å². The highest BCUT2D eigenvalue weighted by Crippen LogP contribution is 2.21. The second-order valence-corrected chi connectivity index (χ2v) is 5.62. The van der Waals surface area contributed by atoms with Crippen LogP contribution in [0.2, 0.25) is 0 Å². The lowest BCUT2D eigenvalue weighted by Crippen LogP contribution is -2.40. The van der Waals surface area contributed by atoms with E-state index < -0.39 is 0 Å². The van der Waals surface area contributed by atoms with Crippen LogP contribution in [0.25, 0.3) is 0 Å². The Bertz CT molecular complexity index is 434. The van der Waals surface area contributed by atoms with E-state index in [4.69, 9.17) is 9.72 Å². The molecule has 1 aromatic rings. The van der Waals surface area contributed by atoms with E-state index in [9.17, 15) is 0 Å². The van der Waals surface area contributed by atoms with E-state index in [0.29, 0.717) is 6.10 Å². The highest BCUT2D eigenvalue weighted by Gasteiger charge is 2.21. The molecule has 1 aliphatic rings. The molecule has 0 radical (unpaired) electrons. The van der Waals surface area contributed by atoms with Crippen molar-refractivity contribution >= 4 is 5.82 Å². The van der Waals surface area contributed by atoms with Gasteiger partial charge in [0.25, 0.3) is 0 Å². The van der Waals surface area contributed by atoms with E-state index in [1.807, 2.05) is 0 Å². The molecule has 0 aliphatic carbocycles.